The summed E-state index contributed by atoms with van der Waals surface area (Å²) in [4.78, 5) is 2.30. The standard InChI is InChI=1S/C17H30N2O2/c1-15(2)21-13-7-10-18-11-12-19(3)14-16-8-5-6-9-17(16)20-4/h5-6,8-9,15,18H,7,10-14H2,1-4H3. The molecule has 21 heavy (non-hydrogen) atoms. The second kappa shape index (κ2) is 10.6. The SMILES string of the molecule is COc1ccccc1CN(C)CCNCCCOC(C)C. The summed E-state index contributed by atoms with van der Waals surface area (Å²) in [5, 5.41) is 3.45. The van der Waals surface area contributed by atoms with Crippen molar-refractivity contribution < 1.29 is 9.47 Å². The third-order valence-corrected chi connectivity index (χ3v) is 3.25. The maximum atomic E-state index is 5.51. The fourth-order valence-electron chi connectivity index (χ4n) is 2.11. The quantitative estimate of drug-likeness (QED) is 0.636. The zero-order valence-electron chi connectivity index (χ0n) is 13.9. The maximum Gasteiger partial charge on any atom is 0.123 e. The average molecular weight is 294 g/mol. The van der Waals surface area contributed by atoms with Gasteiger partial charge in [0.25, 0.3) is 0 Å². The van der Waals surface area contributed by atoms with Crippen molar-refractivity contribution in [2.24, 2.45) is 0 Å². The van der Waals surface area contributed by atoms with Crippen molar-refractivity contribution in [2.45, 2.75) is 32.9 Å². The highest BCUT2D eigenvalue weighted by Gasteiger charge is 2.05. The van der Waals surface area contributed by atoms with Gasteiger partial charge in [-0.25, -0.2) is 0 Å². The number of hydrogen-bond acceptors (Lipinski definition) is 4. The summed E-state index contributed by atoms with van der Waals surface area (Å²) in [5.74, 6) is 0.961. The minimum atomic E-state index is 0.331. The molecule has 1 N–H and O–H groups in total. The molecule has 1 rings (SSSR count). The van der Waals surface area contributed by atoms with Crippen molar-refractivity contribution in [1.82, 2.24) is 10.2 Å². The van der Waals surface area contributed by atoms with Gasteiger partial charge in [0.2, 0.25) is 0 Å². The van der Waals surface area contributed by atoms with Gasteiger partial charge >= 0.3 is 0 Å². The molecule has 0 radical (unpaired) electrons. The molecule has 0 aromatic heterocycles. The Hall–Kier alpha value is -1.10. The van der Waals surface area contributed by atoms with Crippen LogP contribution in [0.15, 0.2) is 24.3 Å². The summed E-state index contributed by atoms with van der Waals surface area (Å²) >= 11 is 0. The molecule has 0 amide bonds. The monoisotopic (exact) mass is 294 g/mol. The Labute approximate surface area is 129 Å². The van der Waals surface area contributed by atoms with Crippen molar-refractivity contribution in [2.75, 3.05) is 40.4 Å². The molecule has 0 saturated carbocycles. The summed E-state index contributed by atoms with van der Waals surface area (Å²) in [5.41, 5.74) is 1.23. The van der Waals surface area contributed by atoms with E-state index in [1.807, 2.05) is 12.1 Å². The molecule has 0 aliphatic heterocycles. The molecule has 0 aliphatic carbocycles. The van der Waals surface area contributed by atoms with Crippen LogP contribution in [-0.2, 0) is 11.3 Å². The highest BCUT2D eigenvalue weighted by atomic mass is 16.5. The first-order valence-corrected chi connectivity index (χ1v) is 7.76. The van der Waals surface area contributed by atoms with Crippen LogP contribution in [0, 0.1) is 0 Å². The first kappa shape index (κ1) is 18.0. The number of rotatable bonds is 11. The van der Waals surface area contributed by atoms with Crippen molar-refractivity contribution in [3.05, 3.63) is 29.8 Å². The average Bonchev–Trinajstić information content (AvgIpc) is 2.46. The van der Waals surface area contributed by atoms with Crippen molar-refractivity contribution in [1.29, 1.82) is 0 Å². The minimum absolute atomic E-state index is 0.331. The van der Waals surface area contributed by atoms with Crippen LogP contribution in [0.3, 0.4) is 0 Å². The fourth-order valence-corrected chi connectivity index (χ4v) is 2.11. The first-order valence-electron chi connectivity index (χ1n) is 7.76. The van der Waals surface area contributed by atoms with Gasteiger partial charge in [-0.2, -0.15) is 0 Å². The Balaban J connectivity index is 2.12. The van der Waals surface area contributed by atoms with E-state index < -0.39 is 0 Å². The van der Waals surface area contributed by atoms with Crippen LogP contribution in [0.1, 0.15) is 25.8 Å². The summed E-state index contributed by atoms with van der Waals surface area (Å²) < 4.78 is 10.9. The smallest absolute Gasteiger partial charge is 0.123 e. The van der Waals surface area contributed by atoms with Crippen LogP contribution in [0.2, 0.25) is 0 Å². The van der Waals surface area contributed by atoms with Crippen LogP contribution in [0.25, 0.3) is 0 Å². The van der Waals surface area contributed by atoms with Crippen molar-refractivity contribution >= 4 is 0 Å². The van der Waals surface area contributed by atoms with E-state index in [9.17, 15) is 0 Å². The molecule has 4 nitrogen and oxygen atoms in total. The topological polar surface area (TPSA) is 33.7 Å². The van der Waals surface area contributed by atoms with Crippen molar-refractivity contribution in [3.63, 3.8) is 0 Å². The molecule has 4 heteroatoms. The fraction of sp³-hybridized carbons (Fsp3) is 0.647. The molecule has 0 bridgehead atoms. The van der Waals surface area contributed by atoms with Gasteiger partial charge in [-0.1, -0.05) is 18.2 Å². The molecule has 0 spiro atoms. The summed E-state index contributed by atoms with van der Waals surface area (Å²) in [6.07, 6.45) is 1.39. The van der Waals surface area contributed by atoms with Gasteiger partial charge in [0.05, 0.1) is 13.2 Å². The molecule has 1 aromatic rings. The van der Waals surface area contributed by atoms with E-state index in [1.165, 1.54) is 5.56 Å². The predicted octanol–water partition coefficient (Wildman–Crippen LogP) is 2.53. The zero-order valence-corrected chi connectivity index (χ0v) is 13.9. The van der Waals surface area contributed by atoms with Crippen LogP contribution < -0.4 is 10.1 Å². The normalized spacial score (nSPS) is 11.3. The maximum absolute atomic E-state index is 5.51. The van der Waals surface area contributed by atoms with E-state index >= 15 is 0 Å². The highest BCUT2D eigenvalue weighted by molar-refractivity contribution is 5.32. The highest BCUT2D eigenvalue weighted by Crippen LogP contribution is 2.18. The largest absolute Gasteiger partial charge is 0.496 e. The van der Waals surface area contributed by atoms with Crippen LogP contribution in [0.4, 0.5) is 0 Å². The van der Waals surface area contributed by atoms with E-state index in [2.05, 4.69) is 43.2 Å². The predicted molar refractivity (Wildman–Crippen MR) is 87.9 cm³/mol. The number of hydrogen-bond donors (Lipinski definition) is 1. The van der Waals surface area contributed by atoms with E-state index in [-0.39, 0.29) is 0 Å². The van der Waals surface area contributed by atoms with Crippen LogP contribution in [-0.4, -0.2) is 51.4 Å². The Morgan fingerprint density at radius 2 is 1.95 bits per heavy atom. The molecular formula is C17H30N2O2. The lowest BCUT2D eigenvalue weighted by Crippen LogP contribution is -2.30. The van der Waals surface area contributed by atoms with Crippen molar-refractivity contribution in [3.8, 4) is 5.75 Å². The molecule has 120 valence electrons. The summed E-state index contributed by atoms with van der Waals surface area (Å²) in [6.45, 7) is 8.90. The third-order valence-electron chi connectivity index (χ3n) is 3.25. The summed E-state index contributed by atoms with van der Waals surface area (Å²) in [6, 6.07) is 8.18. The number of likely N-dealkylation sites (N-methyl/N-ethyl adjacent to an activating group) is 1. The molecular weight excluding hydrogens is 264 g/mol. The lowest BCUT2D eigenvalue weighted by Gasteiger charge is -2.18. The van der Waals surface area contributed by atoms with E-state index in [0.29, 0.717) is 6.10 Å². The lowest BCUT2D eigenvalue weighted by molar-refractivity contribution is 0.0770. The van der Waals surface area contributed by atoms with Crippen LogP contribution >= 0.6 is 0 Å². The number of nitrogens with one attached hydrogen (secondary N) is 1. The molecule has 1 aromatic carbocycles. The molecule has 0 fully saturated rings. The summed E-state index contributed by atoms with van der Waals surface area (Å²) in [7, 11) is 3.86. The van der Waals surface area contributed by atoms with Gasteiger partial charge in [-0.05, 0) is 39.9 Å². The number of methoxy groups -OCH3 is 1. The molecule has 0 unspecified atom stereocenters. The van der Waals surface area contributed by atoms with Gasteiger partial charge in [-0.15, -0.1) is 0 Å². The first-order chi connectivity index (χ1) is 10.1. The van der Waals surface area contributed by atoms with Gasteiger partial charge in [0.15, 0.2) is 0 Å². The zero-order chi connectivity index (χ0) is 15.5. The second-order valence-electron chi connectivity index (χ2n) is 5.57. The number of nitrogens with zero attached hydrogens (tertiary/aromatic N) is 1. The molecule has 0 aliphatic rings. The number of benzene rings is 1. The number of ether oxygens (including phenoxy) is 2. The Morgan fingerprint density at radius 1 is 1.19 bits per heavy atom. The van der Waals surface area contributed by atoms with Gasteiger partial charge < -0.3 is 19.7 Å². The molecule has 0 atom stereocenters. The van der Waals surface area contributed by atoms with E-state index in [0.717, 1.165) is 45.0 Å². The molecule has 0 heterocycles. The second-order valence-corrected chi connectivity index (χ2v) is 5.57. The molecule has 0 saturated heterocycles. The third kappa shape index (κ3) is 8.05. The van der Waals surface area contributed by atoms with E-state index in [4.69, 9.17) is 9.47 Å². The van der Waals surface area contributed by atoms with E-state index in [1.54, 1.807) is 7.11 Å². The Kier molecular flexibility index (Phi) is 9.06. The lowest BCUT2D eigenvalue weighted by atomic mass is 10.2. The van der Waals surface area contributed by atoms with Gasteiger partial charge in [0, 0.05) is 31.8 Å². The Morgan fingerprint density at radius 3 is 2.67 bits per heavy atom. The van der Waals surface area contributed by atoms with Crippen LogP contribution in [0.5, 0.6) is 5.75 Å². The Bertz CT molecular complexity index is 383. The van der Waals surface area contributed by atoms with Gasteiger partial charge in [0.1, 0.15) is 5.75 Å². The minimum Gasteiger partial charge on any atom is -0.496 e. The van der Waals surface area contributed by atoms with Gasteiger partial charge in [-0.3, -0.25) is 0 Å². The number of para-hydroxylation sites is 1.